The van der Waals surface area contributed by atoms with E-state index in [1.54, 1.807) is 14.2 Å². The summed E-state index contributed by atoms with van der Waals surface area (Å²) in [7, 11) is 3.32. The molecule has 0 heterocycles. The predicted octanol–water partition coefficient (Wildman–Crippen LogP) is 3.56. The van der Waals surface area contributed by atoms with Gasteiger partial charge in [0.05, 0.1) is 14.2 Å². The molecule has 21 heavy (non-hydrogen) atoms. The van der Waals surface area contributed by atoms with Crippen molar-refractivity contribution in [2.45, 2.75) is 39.2 Å². The van der Waals surface area contributed by atoms with Crippen LogP contribution in [0.3, 0.4) is 0 Å². The molecule has 1 aromatic carbocycles. The Kier molecular flexibility index (Phi) is 8.87. The number of rotatable bonds is 11. The van der Waals surface area contributed by atoms with Crippen LogP contribution < -0.4 is 14.8 Å². The van der Waals surface area contributed by atoms with Crippen LogP contribution in [0, 0.1) is 0 Å². The van der Waals surface area contributed by atoms with E-state index < -0.39 is 0 Å². The summed E-state index contributed by atoms with van der Waals surface area (Å²) in [6.45, 7) is 6.89. The van der Waals surface area contributed by atoms with E-state index in [2.05, 4.69) is 25.2 Å². The molecule has 1 unspecified atom stereocenters. The molecule has 0 aliphatic heterocycles. The minimum Gasteiger partial charge on any atom is -0.493 e. The molecule has 4 heteroatoms. The van der Waals surface area contributed by atoms with Crippen LogP contribution in [0.4, 0.5) is 0 Å². The molecule has 120 valence electrons. The maximum Gasteiger partial charge on any atom is 0.161 e. The Bertz CT molecular complexity index is 396. The molecule has 0 saturated heterocycles. The molecule has 1 N–H and O–H groups in total. The predicted molar refractivity (Wildman–Crippen MR) is 86.3 cm³/mol. The van der Waals surface area contributed by atoms with Crippen molar-refractivity contribution in [3.05, 3.63) is 23.8 Å². The number of hydrogen-bond donors (Lipinski definition) is 1. The normalized spacial score (nSPS) is 12.2. The number of hydrogen-bond acceptors (Lipinski definition) is 4. The second kappa shape index (κ2) is 10.5. The van der Waals surface area contributed by atoms with Gasteiger partial charge in [-0.15, -0.1) is 0 Å². The lowest BCUT2D eigenvalue weighted by molar-refractivity contribution is 0.124. The Morgan fingerprint density at radius 2 is 1.76 bits per heavy atom. The van der Waals surface area contributed by atoms with E-state index in [-0.39, 0.29) is 6.04 Å². The topological polar surface area (TPSA) is 39.7 Å². The molecule has 1 atom stereocenters. The van der Waals surface area contributed by atoms with Crippen LogP contribution in [0.1, 0.15) is 44.7 Å². The highest BCUT2D eigenvalue weighted by atomic mass is 16.5. The number of ether oxygens (including phenoxy) is 3. The molecule has 0 aliphatic carbocycles. The average Bonchev–Trinajstić information content (AvgIpc) is 2.53. The van der Waals surface area contributed by atoms with E-state index in [0.717, 1.165) is 50.5 Å². The second-order valence-electron chi connectivity index (χ2n) is 5.02. The van der Waals surface area contributed by atoms with Crippen molar-refractivity contribution in [1.29, 1.82) is 0 Å². The zero-order valence-electron chi connectivity index (χ0n) is 13.8. The molecule has 0 spiro atoms. The lowest BCUT2D eigenvalue weighted by Crippen LogP contribution is -2.23. The molecular weight excluding hydrogens is 266 g/mol. The lowest BCUT2D eigenvalue weighted by atomic mass is 10.0. The summed E-state index contributed by atoms with van der Waals surface area (Å²) in [5, 5.41) is 3.58. The molecular formula is C17H29NO3. The number of methoxy groups -OCH3 is 2. The fourth-order valence-electron chi connectivity index (χ4n) is 2.22. The summed E-state index contributed by atoms with van der Waals surface area (Å²) in [4.78, 5) is 0. The Balaban J connectivity index is 2.76. The van der Waals surface area contributed by atoms with Crippen molar-refractivity contribution in [3.8, 4) is 11.5 Å². The minimum atomic E-state index is 0.279. The molecule has 1 aromatic rings. The Morgan fingerprint density at radius 3 is 2.38 bits per heavy atom. The van der Waals surface area contributed by atoms with Crippen molar-refractivity contribution in [1.82, 2.24) is 5.32 Å². The maximum atomic E-state index is 5.62. The summed E-state index contributed by atoms with van der Waals surface area (Å²) in [6.07, 6.45) is 3.12. The van der Waals surface area contributed by atoms with E-state index in [0.29, 0.717) is 0 Å². The second-order valence-corrected chi connectivity index (χ2v) is 5.02. The van der Waals surface area contributed by atoms with Gasteiger partial charge in [0.15, 0.2) is 11.5 Å². The third kappa shape index (κ3) is 5.94. The van der Waals surface area contributed by atoms with Gasteiger partial charge in [-0.1, -0.05) is 19.9 Å². The van der Waals surface area contributed by atoms with E-state index in [9.17, 15) is 0 Å². The van der Waals surface area contributed by atoms with E-state index in [1.807, 2.05) is 12.1 Å². The SMILES string of the molecule is CCCNC(CCOCCC)c1ccc(OC)c(OC)c1. The van der Waals surface area contributed by atoms with Crippen LogP contribution in [-0.2, 0) is 4.74 Å². The monoisotopic (exact) mass is 295 g/mol. The zero-order valence-corrected chi connectivity index (χ0v) is 13.8. The van der Waals surface area contributed by atoms with Crippen LogP contribution in [-0.4, -0.2) is 34.0 Å². The lowest BCUT2D eigenvalue weighted by Gasteiger charge is -2.20. The van der Waals surface area contributed by atoms with Gasteiger partial charge in [-0.2, -0.15) is 0 Å². The quantitative estimate of drug-likeness (QED) is 0.634. The molecule has 1 rings (SSSR count). The average molecular weight is 295 g/mol. The first kappa shape index (κ1) is 17.8. The van der Waals surface area contributed by atoms with Gasteiger partial charge in [0.2, 0.25) is 0 Å². The maximum absolute atomic E-state index is 5.62. The van der Waals surface area contributed by atoms with Crippen molar-refractivity contribution < 1.29 is 14.2 Å². The van der Waals surface area contributed by atoms with Crippen molar-refractivity contribution in [2.24, 2.45) is 0 Å². The van der Waals surface area contributed by atoms with Crippen LogP contribution >= 0.6 is 0 Å². The number of benzene rings is 1. The van der Waals surface area contributed by atoms with E-state index >= 15 is 0 Å². The van der Waals surface area contributed by atoms with Gasteiger partial charge in [0.25, 0.3) is 0 Å². The summed E-state index contributed by atoms with van der Waals surface area (Å²) < 4.78 is 16.3. The fraction of sp³-hybridized carbons (Fsp3) is 0.647. The molecule has 0 aromatic heterocycles. The van der Waals surface area contributed by atoms with Crippen molar-refractivity contribution >= 4 is 0 Å². The van der Waals surface area contributed by atoms with Gasteiger partial charge in [-0.05, 0) is 43.5 Å². The molecule has 0 bridgehead atoms. The zero-order chi connectivity index (χ0) is 15.5. The van der Waals surface area contributed by atoms with Crippen molar-refractivity contribution in [2.75, 3.05) is 34.0 Å². The van der Waals surface area contributed by atoms with Gasteiger partial charge >= 0.3 is 0 Å². The Morgan fingerprint density at radius 1 is 1.00 bits per heavy atom. The van der Waals surface area contributed by atoms with Crippen LogP contribution in [0.15, 0.2) is 18.2 Å². The Labute approximate surface area is 128 Å². The van der Waals surface area contributed by atoms with E-state index in [1.165, 1.54) is 5.56 Å². The van der Waals surface area contributed by atoms with E-state index in [4.69, 9.17) is 14.2 Å². The smallest absolute Gasteiger partial charge is 0.161 e. The third-order valence-electron chi connectivity index (χ3n) is 3.35. The molecule has 0 amide bonds. The van der Waals surface area contributed by atoms with Crippen molar-refractivity contribution in [3.63, 3.8) is 0 Å². The third-order valence-corrected chi connectivity index (χ3v) is 3.35. The molecule has 0 radical (unpaired) electrons. The first-order valence-corrected chi connectivity index (χ1v) is 7.79. The van der Waals surface area contributed by atoms with Gasteiger partial charge in [0, 0.05) is 19.3 Å². The largest absolute Gasteiger partial charge is 0.493 e. The van der Waals surface area contributed by atoms with Gasteiger partial charge in [-0.25, -0.2) is 0 Å². The van der Waals surface area contributed by atoms with Gasteiger partial charge < -0.3 is 19.5 Å². The fourth-order valence-corrected chi connectivity index (χ4v) is 2.22. The molecule has 0 aliphatic rings. The number of nitrogens with one attached hydrogen (secondary N) is 1. The van der Waals surface area contributed by atoms with Crippen LogP contribution in [0.2, 0.25) is 0 Å². The summed E-state index contributed by atoms with van der Waals surface area (Å²) >= 11 is 0. The van der Waals surface area contributed by atoms with Gasteiger partial charge in [-0.3, -0.25) is 0 Å². The molecule has 4 nitrogen and oxygen atoms in total. The summed E-state index contributed by atoms with van der Waals surface area (Å²) in [5.41, 5.74) is 1.21. The minimum absolute atomic E-state index is 0.279. The first-order chi connectivity index (χ1) is 10.3. The highest BCUT2D eigenvalue weighted by Gasteiger charge is 2.13. The molecule has 0 saturated carbocycles. The van der Waals surface area contributed by atoms with Crippen LogP contribution in [0.25, 0.3) is 0 Å². The summed E-state index contributed by atoms with van der Waals surface area (Å²) in [5.74, 6) is 1.53. The Hall–Kier alpha value is -1.26. The highest BCUT2D eigenvalue weighted by molar-refractivity contribution is 5.43. The standard InChI is InChI=1S/C17H29NO3/c1-5-10-18-15(9-12-21-11-6-2)14-7-8-16(19-3)17(13-14)20-4/h7-8,13,15,18H,5-6,9-12H2,1-4H3. The van der Waals surface area contributed by atoms with Gasteiger partial charge in [0.1, 0.15) is 0 Å². The molecule has 0 fully saturated rings. The highest BCUT2D eigenvalue weighted by Crippen LogP contribution is 2.30. The van der Waals surface area contributed by atoms with Crippen LogP contribution in [0.5, 0.6) is 11.5 Å². The summed E-state index contributed by atoms with van der Waals surface area (Å²) in [6, 6.07) is 6.38. The first-order valence-electron chi connectivity index (χ1n) is 7.79.